The molecule has 0 spiro atoms. The zero-order valence-corrected chi connectivity index (χ0v) is 12.0. The number of amides is 2. The van der Waals surface area contributed by atoms with E-state index in [9.17, 15) is 24.1 Å². The number of nitro benzene ring substituents is 1. The maximum absolute atomic E-state index is 12.8. The molecule has 2 aromatic rings. The number of rotatable bonds is 3. The Morgan fingerprint density at radius 3 is 2.26 bits per heavy atom. The Balaban J connectivity index is 2.08. The van der Waals surface area contributed by atoms with Crippen molar-refractivity contribution in [1.29, 1.82) is 0 Å². The molecule has 0 bridgehead atoms. The number of nitrogens with zero attached hydrogens (tertiary/aromatic N) is 1. The number of carbonyl (C=O) groups excluding carboxylic acids is 2. The van der Waals surface area contributed by atoms with E-state index in [0.29, 0.717) is 0 Å². The van der Waals surface area contributed by atoms with E-state index in [1.807, 2.05) is 0 Å². The highest BCUT2D eigenvalue weighted by molar-refractivity contribution is 6.00. The van der Waals surface area contributed by atoms with Gasteiger partial charge in [0.15, 0.2) is 0 Å². The Morgan fingerprint density at radius 1 is 1.04 bits per heavy atom. The molecule has 118 valence electrons. The zero-order valence-electron chi connectivity index (χ0n) is 12.0. The van der Waals surface area contributed by atoms with Crippen LogP contribution in [-0.4, -0.2) is 16.7 Å². The second-order valence-electron chi connectivity index (χ2n) is 4.62. The molecule has 0 aliphatic rings. The predicted molar refractivity (Wildman–Crippen MR) is 79.2 cm³/mol. The van der Waals surface area contributed by atoms with Crippen LogP contribution < -0.4 is 10.9 Å². The highest BCUT2D eigenvalue weighted by atomic mass is 19.1. The van der Waals surface area contributed by atoms with Gasteiger partial charge < -0.3 is 0 Å². The Bertz CT molecular complexity index is 775. The minimum absolute atomic E-state index is 0.0682. The molecule has 0 saturated carbocycles. The van der Waals surface area contributed by atoms with Crippen LogP contribution >= 0.6 is 0 Å². The highest BCUT2D eigenvalue weighted by Gasteiger charge is 2.18. The fourth-order valence-corrected chi connectivity index (χ4v) is 1.92. The molecule has 7 nitrogen and oxygen atoms in total. The Hall–Kier alpha value is -3.29. The smallest absolute Gasteiger partial charge is 0.267 e. The van der Waals surface area contributed by atoms with Gasteiger partial charge in [0, 0.05) is 17.2 Å². The molecule has 2 N–H and O–H groups in total. The highest BCUT2D eigenvalue weighted by Crippen LogP contribution is 2.20. The lowest BCUT2D eigenvalue weighted by atomic mass is 10.1. The van der Waals surface area contributed by atoms with Gasteiger partial charge in [0.1, 0.15) is 5.82 Å². The molecular weight excluding hydrogens is 305 g/mol. The normalized spacial score (nSPS) is 10.0. The molecule has 0 unspecified atom stereocenters. The summed E-state index contributed by atoms with van der Waals surface area (Å²) in [5.41, 5.74) is 4.54. The molecule has 0 atom stereocenters. The summed E-state index contributed by atoms with van der Waals surface area (Å²) >= 11 is 0. The van der Waals surface area contributed by atoms with Crippen molar-refractivity contribution in [3.8, 4) is 0 Å². The second-order valence-corrected chi connectivity index (χ2v) is 4.62. The van der Waals surface area contributed by atoms with Gasteiger partial charge >= 0.3 is 0 Å². The van der Waals surface area contributed by atoms with Crippen molar-refractivity contribution in [2.75, 3.05) is 0 Å². The largest absolute Gasteiger partial charge is 0.273 e. The fraction of sp³-hybridized carbons (Fsp3) is 0.0667. The van der Waals surface area contributed by atoms with Crippen LogP contribution in [0.25, 0.3) is 0 Å². The minimum Gasteiger partial charge on any atom is -0.267 e. The van der Waals surface area contributed by atoms with Crippen LogP contribution in [0.3, 0.4) is 0 Å². The van der Waals surface area contributed by atoms with Crippen molar-refractivity contribution in [1.82, 2.24) is 10.9 Å². The fourth-order valence-electron chi connectivity index (χ4n) is 1.92. The van der Waals surface area contributed by atoms with E-state index in [0.717, 1.165) is 12.1 Å². The van der Waals surface area contributed by atoms with Crippen LogP contribution in [0, 0.1) is 22.9 Å². The quantitative estimate of drug-likeness (QED) is 0.668. The van der Waals surface area contributed by atoms with E-state index in [1.165, 1.54) is 37.3 Å². The first-order valence-corrected chi connectivity index (χ1v) is 6.50. The molecule has 8 heteroatoms. The van der Waals surface area contributed by atoms with Gasteiger partial charge in [-0.25, -0.2) is 4.39 Å². The standard InChI is InChI=1S/C15H12FN3O4/c1-9-12(3-2-4-13(9)19(22)23)15(21)18-17-14(20)10-5-7-11(16)8-6-10/h2-8H,1H3,(H,17,20)(H,18,21). The van der Waals surface area contributed by atoms with Crippen molar-refractivity contribution in [2.45, 2.75) is 6.92 Å². The van der Waals surface area contributed by atoms with Gasteiger partial charge in [-0.05, 0) is 37.3 Å². The van der Waals surface area contributed by atoms with Crippen molar-refractivity contribution in [3.63, 3.8) is 0 Å². The van der Waals surface area contributed by atoms with Crippen LogP contribution in [0.5, 0.6) is 0 Å². The average Bonchev–Trinajstić information content (AvgIpc) is 2.53. The van der Waals surface area contributed by atoms with E-state index >= 15 is 0 Å². The molecule has 0 aliphatic carbocycles. The molecule has 0 aliphatic heterocycles. The number of nitro groups is 1. The van der Waals surface area contributed by atoms with E-state index in [2.05, 4.69) is 10.9 Å². The first-order chi connectivity index (χ1) is 10.9. The summed E-state index contributed by atoms with van der Waals surface area (Å²) in [6, 6.07) is 8.81. The van der Waals surface area contributed by atoms with E-state index in [-0.39, 0.29) is 22.4 Å². The lowest BCUT2D eigenvalue weighted by molar-refractivity contribution is -0.385. The van der Waals surface area contributed by atoms with Gasteiger partial charge in [0.25, 0.3) is 17.5 Å². The number of halogens is 1. The van der Waals surface area contributed by atoms with Gasteiger partial charge in [0.2, 0.25) is 0 Å². The molecule has 0 heterocycles. The lowest BCUT2D eigenvalue weighted by Gasteiger charge is -2.09. The maximum atomic E-state index is 12.8. The minimum atomic E-state index is -0.693. The summed E-state index contributed by atoms with van der Waals surface area (Å²) in [5, 5.41) is 10.8. The van der Waals surface area contributed by atoms with Crippen LogP contribution in [0.2, 0.25) is 0 Å². The summed E-state index contributed by atoms with van der Waals surface area (Å²) < 4.78 is 12.8. The predicted octanol–water partition coefficient (Wildman–Crippen LogP) is 2.12. The molecule has 23 heavy (non-hydrogen) atoms. The average molecular weight is 317 g/mol. The van der Waals surface area contributed by atoms with Crippen molar-refractivity contribution >= 4 is 17.5 Å². The summed E-state index contributed by atoms with van der Waals surface area (Å²) in [6.07, 6.45) is 0. The third-order valence-corrected chi connectivity index (χ3v) is 3.14. The summed E-state index contributed by atoms with van der Waals surface area (Å²) in [4.78, 5) is 34.1. The number of hydrazine groups is 1. The molecular formula is C15H12FN3O4. The molecule has 0 fully saturated rings. The van der Waals surface area contributed by atoms with E-state index in [4.69, 9.17) is 0 Å². The van der Waals surface area contributed by atoms with Crippen molar-refractivity contribution in [2.24, 2.45) is 0 Å². The number of hydrogen-bond donors (Lipinski definition) is 2. The van der Waals surface area contributed by atoms with Crippen LogP contribution in [-0.2, 0) is 0 Å². The monoisotopic (exact) mass is 317 g/mol. The van der Waals surface area contributed by atoms with Gasteiger partial charge in [-0.3, -0.25) is 30.6 Å². The van der Waals surface area contributed by atoms with Crippen molar-refractivity contribution in [3.05, 3.63) is 75.1 Å². The first kappa shape index (κ1) is 16.1. The number of benzene rings is 2. The third-order valence-electron chi connectivity index (χ3n) is 3.14. The zero-order chi connectivity index (χ0) is 17.0. The Kier molecular flexibility index (Phi) is 4.65. The molecule has 2 amide bonds. The Morgan fingerprint density at radius 2 is 1.65 bits per heavy atom. The SMILES string of the molecule is Cc1c(C(=O)NNC(=O)c2ccc(F)cc2)cccc1[N+](=O)[O-]. The van der Waals surface area contributed by atoms with Crippen LogP contribution in [0.1, 0.15) is 26.3 Å². The van der Waals surface area contributed by atoms with Crippen molar-refractivity contribution < 1.29 is 18.9 Å². The first-order valence-electron chi connectivity index (χ1n) is 6.50. The summed E-state index contributed by atoms with van der Waals surface area (Å²) in [6.45, 7) is 1.44. The van der Waals surface area contributed by atoms with Crippen LogP contribution in [0.4, 0.5) is 10.1 Å². The molecule has 2 aromatic carbocycles. The van der Waals surface area contributed by atoms with Gasteiger partial charge in [-0.1, -0.05) is 6.07 Å². The third kappa shape index (κ3) is 3.67. The summed E-state index contributed by atoms with van der Waals surface area (Å²) in [5.74, 6) is -1.82. The molecule has 0 saturated heterocycles. The molecule has 0 radical (unpaired) electrons. The second kappa shape index (κ2) is 6.65. The van der Waals surface area contributed by atoms with Gasteiger partial charge in [0.05, 0.1) is 10.5 Å². The topological polar surface area (TPSA) is 101 Å². The van der Waals surface area contributed by atoms with E-state index in [1.54, 1.807) is 0 Å². The lowest BCUT2D eigenvalue weighted by Crippen LogP contribution is -2.41. The number of carbonyl (C=O) groups is 2. The van der Waals surface area contributed by atoms with Crippen LogP contribution in [0.15, 0.2) is 42.5 Å². The maximum Gasteiger partial charge on any atom is 0.273 e. The van der Waals surface area contributed by atoms with Gasteiger partial charge in [-0.2, -0.15) is 0 Å². The molecule has 2 rings (SSSR count). The molecule has 0 aromatic heterocycles. The van der Waals surface area contributed by atoms with Gasteiger partial charge in [-0.15, -0.1) is 0 Å². The van der Waals surface area contributed by atoms with E-state index < -0.39 is 22.6 Å². The Labute approximate surface area is 130 Å². The summed E-state index contributed by atoms with van der Waals surface area (Å²) in [7, 11) is 0. The number of hydrogen-bond acceptors (Lipinski definition) is 4. The number of nitrogens with one attached hydrogen (secondary N) is 2.